The number of aromatic nitrogens is 2. The van der Waals surface area contributed by atoms with E-state index in [0.29, 0.717) is 40.5 Å². The fourth-order valence-corrected chi connectivity index (χ4v) is 5.29. The predicted molar refractivity (Wildman–Crippen MR) is 128 cm³/mol. The van der Waals surface area contributed by atoms with E-state index in [2.05, 4.69) is 31.1 Å². The average Bonchev–Trinajstić information content (AvgIpc) is 2.75. The minimum absolute atomic E-state index is 0.0146. The zero-order valence-electron chi connectivity index (χ0n) is 19.5. The second-order valence-electron chi connectivity index (χ2n) is 9.15. The number of aromatic hydroxyl groups is 1. The number of phenolic OH excluding ortho intramolecular Hbond substituents is 1. The Bertz CT molecular complexity index is 1180. The van der Waals surface area contributed by atoms with Crippen molar-refractivity contribution in [3.05, 3.63) is 44.9 Å². The van der Waals surface area contributed by atoms with Crippen molar-refractivity contribution in [3.63, 3.8) is 0 Å². The van der Waals surface area contributed by atoms with E-state index in [-0.39, 0.29) is 34.0 Å². The lowest BCUT2D eigenvalue weighted by Gasteiger charge is -2.38. The first-order chi connectivity index (χ1) is 15.7. The second-order valence-corrected chi connectivity index (χ2v) is 10.2. The number of ketones is 1. The normalized spacial score (nSPS) is 18.9. The maximum Gasteiger partial charge on any atom is 0.257 e. The molecule has 176 valence electrons. The molecule has 0 amide bonds. The van der Waals surface area contributed by atoms with Gasteiger partial charge in [0.05, 0.1) is 19.8 Å². The average molecular weight is 472 g/mol. The second kappa shape index (κ2) is 8.78. The van der Waals surface area contributed by atoms with Crippen LogP contribution in [0.4, 0.5) is 5.82 Å². The number of fused-ring (bicyclic) bond motifs is 1. The monoisotopic (exact) mass is 471 g/mol. The SMILES string of the molecule is CCCSc1nc2c(c(=O)[nH]1)C(c1cc(OC)c(O)c(OC)c1)C1=C(CC(C)(C)CC1=O)N2. The number of benzene rings is 1. The van der Waals surface area contributed by atoms with Gasteiger partial charge in [0.15, 0.2) is 22.4 Å². The molecule has 9 heteroatoms. The highest BCUT2D eigenvalue weighted by atomic mass is 32.2. The summed E-state index contributed by atoms with van der Waals surface area (Å²) in [6, 6.07) is 3.29. The van der Waals surface area contributed by atoms with Gasteiger partial charge in [-0.05, 0) is 36.0 Å². The minimum Gasteiger partial charge on any atom is -0.502 e. The van der Waals surface area contributed by atoms with Crippen LogP contribution in [0.3, 0.4) is 0 Å². The lowest BCUT2D eigenvalue weighted by atomic mass is 9.69. The van der Waals surface area contributed by atoms with E-state index in [1.807, 2.05) is 0 Å². The van der Waals surface area contributed by atoms with Crippen molar-refractivity contribution in [2.75, 3.05) is 25.3 Å². The van der Waals surface area contributed by atoms with Crippen molar-refractivity contribution in [3.8, 4) is 17.2 Å². The summed E-state index contributed by atoms with van der Waals surface area (Å²) in [7, 11) is 2.89. The number of anilines is 1. The van der Waals surface area contributed by atoms with Crippen LogP contribution in [0, 0.1) is 5.41 Å². The third-order valence-electron chi connectivity index (χ3n) is 5.98. The van der Waals surface area contributed by atoms with Crippen molar-refractivity contribution >= 4 is 23.4 Å². The molecule has 0 fully saturated rings. The number of nitrogens with one attached hydrogen (secondary N) is 2. The summed E-state index contributed by atoms with van der Waals surface area (Å²) >= 11 is 1.49. The third kappa shape index (κ3) is 4.21. The number of hydrogen-bond acceptors (Lipinski definition) is 8. The van der Waals surface area contributed by atoms with E-state index >= 15 is 0 Å². The number of ether oxygens (including phenoxy) is 2. The van der Waals surface area contributed by atoms with E-state index in [1.54, 1.807) is 12.1 Å². The summed E-state index contributed by atoms with van der Waals surface area (Å²) in [6.07, 6.45) is 1.98. The van der Waals surface area contributed by atoms with Gasteiger partial charge in [-0.25, -0.2) is 4.98 Å². The van der Waals surface area contributed by atoms with Gasteiger partial charge in [-0.1, -0.05) is 32.5 Å². The topological polar surface area (TPSA) is 114 Å². The number of Topliss-reactive ketones (excluding diaryl/α,β-unsaturated/α-hetero) is 1. The molecule has 1 aliphatic heterocycles. The molecule has 33 heavy (non-hydrogen) atoms. The molecular weight excluding hydrogens is 442 g/mol. The molecule has 2 aromatic rings. The minimum atomic E-state index is -0.662. The Kier molecular flexibility index (Phi) is 6.18. The smallest absolute Gasteiger partial charge is 0.257 e. The van der Waals surface area contributed by atoms with Crippen molar-refractivity contribution < 1.29 is 19.4 Å². The van der Waals surface area contributed by atoms with Gasteiger partial charge in [0, 0.05) is 29.4 Å². The molecule has 0 saturated carbocycles. The Balaban J connectivity index is 1.97. The van der Waals surface area contributed by atoms with Gasteiger partial charge in [0.2, 0.25) is 5.75 Å². The quantitative estimate of drug-likeness (QED) is 0.424. The zero-order valence-corrected chi connectivity index (χ0v) is 20.3. The lowest BCUT2D eigenvalue weighted by Crippen LogP contribution is -2.37. The van der Waals surface area contributed by atoms with Gasteiger partial charge in [-0.2, -0.15) is 0 Å². The van der Waals surface area contributed by atoms with Gasteiger partial charge in [0.25, 0.3) is 5.56 Å². The highest BCUT2D eigenvalue weighted by Gasteiger charge is 2.42. The molecule has 1 unspecified atom stereocenters. The number of thioether (sulfide) groups is 1. The molecular formula is C24H29N3O5S. The molecule has 0 bridgehead atoms. The molecule has 1 aromatic carbocycles. The van der Waals surface area contributed by atoms with E-state index < -0.39 is 5.92 Å². The summed E-state index contributed by atoms with van der Waals surface area (Å²) in [4.78, 5) is 34.3. The summed E-state index contributed by atoms with van der Waals surface area (Å²) in [5, 5.41) is 14.3. The zero-order chi connectivity index (χ0) is 23.9. The van der Waals surface area contributed by atoms with Crippen molar-refractivity contribution in [1.29, 1.82) is 0 Å². The Morgan fingerprint density at radius 2 is 1.85 bits per heavy atom. The number of nitrogens with zero attached hydrogens (tertiary/aromatic N) is 1. The van der Waals surface area contributed by atoms with Gasteiger partial charge in [-0.15, -0.1) is 0 Å². The number of rotatable bonds is 6. The van der Waals surface area contributed by atoms with Gasteiger partial charge in [-0.3, -0.25) is 9.59 Å². The third-order valence-corrected chi connectivity index (χ3v) is 7.06. The van der Waals surface area contributed by atoms with Gasteiger partial charge < -0.3 is 24.9 Å². The number of methoxy groups -OCH3 is 2. The summed E-state index contributed by atoms with van der Waals surface area (Å²) < 4.78 is 10.7. The Hall–Kier alpha value is -2.94. The number of carbonyl (C=O) groups excluding carboxylic acids is 1. The van der Waals surface area contributed by atoms with E-state index in [4.69, 9.17) is 14.5 Å². The van der Waals surface area contributed by atoms with Gasteiger partial charge in [0.1, 0.15) is 5.82 Å². The summed E-state index contributed by atoms with van der Waals surface area (Å²) in [6.45, 7) is 6.18. The number of hydrogen-bond donors (Lipinski definition) is 3. The molecule has 0 radical (unpaired) electrons. The molecule has 4 rings (SSSR count). The fourth-order valence-electron chi connectivity index (χ4n) is 4.57. The molecule has 2 heterocycles. The lowest BCUT2D eigenvalue weighted by molar-refractivity contribution is -0.118. The Morgan fingerprint density at radius 1 is 1.18 bits per heavy atom. The van der Waals surface area contributed by atoms with Crippen molar-refractivity contribution in [2.24, 2.45) is 5.41 Å². The maximum absolute atomic E-state index is 13.4. The summed E-state index contributed by atoms with van der Waals surface area (Å²) in [5.74, 6) is 0.879. The first kappa shape index (κ1) is 23.2. The van der Waals surface area contributed by atoms with E-state index in [0.717, 1.165) is 17.9 Å². The van der Waals surface area contributed by atoms with Crippen LogP contribution in [0.2, 0.25) is 0 Å². The largest absolute Gasteiger partial charge is 0.502 e. The predicted octanol–water partition coefficient (Wildman–Crippen LogP) is 4.20. The van der Waals surface area contributed by atoms with Crippen LogP contribution in [0.5, 0.6) is 17.2 Å². The van der Waals surface area contributed by atoms with Crippen LogP contribution in [0.15, 0.2) is 33.4 Å². The number of aromatic amines is 1. The van der Waals surface area contributed by atoms with Crippen molar-refractivity contribution in [1.82, 2.24) is 9.97 Å². The van der Waals surface area contributed by atoms with Crippen LogP contribution in [-0.4, -0.2) is 40.8 Å². The first-order valence-electron chi connectivity index (χ1n) is 10.9. The highest BCUT2D eigenvalue weighted by molar-refractivity contribution is 7.99. The Morgan fingerprint density at radius 3 is 2.45 bits per heavy atom. The molecule has 1 aromatic heterocycles. The molecule has 1 aliphatic carbocycles. The molecule has 0 saturated heterocycles. The van der Waals surface area contributed by atoms with Crippen molar-refractivity contribution in [2.45, 2.75) is 51.1 Å². The number of H-pyrrole nitrogens is 1. The highest BCUT2D eigenvalue weighted by Crippen LogP contribution is 2.50. The molecule has 1 atom stereocenters. The summed E-state index contributed by atoms with van der Waals surface area (Å²) in [5.41, 5.74) is 1.81. The maximum atomic E-state index is 13.4. The molecule has 8 nitrogen and oxygen atoms in total. The van der Waals surface area contributed by atoms with Crippen LogP contribution in [0.1, 0.15) is 57.1 Å². The molecule has 0 spiro atoms. The standard InChI is InChI=1S/C24H29N3O5S/c1-6-7-33-23-26-21-19(22(30)27-23)17(12-8-15(31-4)20(29)16(9-12)32-5)18-13(25-21)10-24(2,3)11-14(18)28/h8-9,17,29H,6-7,10-11H2,1-5H3,(H2,25,26,27,30). The van der Waals surface area contributed by atoms with Gasteiger partial charge >= 0.3 is 0 Å². The van der Waals surface area contributed by atoms with Crippen LogP contribution < -0.4 is 20.3 Å². The van der Waals surface area contributed by atoms with E-state index in [9.17, 15) is 14.7 Å². The molecule has 2 aliphatic rings. The van der Waals surface area contributed by atoms with Crippen LogP contribution in [-0.2, 0) is 4.79 Å². The van der Waals surface area contributed by atoms with Crippen LogP contribution in [0.25, 0.3) is 0 Å². The molecule has 3 N–H and O–H groups in total. The van der Waals surface area contributed by atoms with E-state index in [1.165, 1.54) is 26.0 Å². The van der Waals surface area contributed by atoms with Crippen LogP contribution >= 0.6 is 11.8 Å². The first-order valence-corrected chi connectivity index (χ1v) is 11.9. The number of carbonyl (C=O) groups is 1. The number of phenols is 1. The fraction of sp³-hybridized carbons (Fsp3) is 0.458. The number of allylic oxidation sites excluding steroid dienone is 2. The Labute approximate surface area is 196 Å².